The Kier molecular flexibility index (Phi) is 3.91. The maximum Gasteiger partial charge on any atom is 0.289 e. The number of benzene rings is 1. The second kappa shape index (κ2) is 4.99. The fourth-order valence-electron chi connectivity index (χ4n) is 1.09. The summed E-state index contributed by atoms with van der Waals surface area (Å²) in [5.74, 6) is 0. The Morgan fingerprint density at radius 3 is 2.56 bits per heavy atom. The number of hydrogen-bond donors (Lipinski definition) is 1. The topological polar surface area (TPSA) is 89.3 Å². The van der Waals surface area contributed by atoms with Crippen LogP contribution >= 0.6 is 0 Å². The minimum absolute atomic E-state index is 0.408. The van der Waals surface area contributed by atoms with E-state index in [0.29, 0.717) is 0 Å². The van der Waals surface area contributed by atoms with Crippen LogP contribution in [-0.4, -0.2) is 26.6 Å². The summed E-state index contributed by atoms with van der Waals surface area (Å²) in [4.78, 5) is 9.32. The molecule has 0 saturated carbocycles. The maximum absolute atomic E-state index is 11.8. The van der Waals surface area contributed by atoms with Crippen molar-refractivity contribution >= 4 is 15.7 Å². The van der Waals surface area contributed by atoms with Gasteiger partial charge in [-0.05, 0) is 6.07 Å². The van der Waals surface area contributed by atoms with Gasteiger partial charge in [0.15, 0.2) is 4.90 Å². The van der Waals surface area contributed by atoms with Crippen LogP contribution in [0.2, 0.25) is 0 Å². The van der Waals surface area contributed by atoms with E-state index in [9.17, 15) is 22.9 Å². The van der Waals surface area contributed by atoms with Crippen molar-refractivity contribution in [3.63, 3.8) is 0 Å². The SMILES string of the molecule is O=[N+]([O-])c1ccccc1S(=O)(=O)NCCF. The lowest BCUT2D eigenvalue weighted by Crippen LogP contribution is -2.26. The van der Waals surface area contributed by atoms with Gasteiger partial charge in [-0.15, -0.1) is 0 Å². The smallest absolute Gasteiger partial charge is 0.258 e. The minimum Gasteiger partial charge on any atom is -0.258 e. The Morgan fingerprint density at radius 2 is 2.00 bits per heavy atom. The normalized spacial score (nSPS) is 11.3. The Morgan fingerprint density at radius 1 is 1.38 bits per heavy atom. The van der Waals surface area contributed by atoms with Crippen molar-refractivity contribution < 1.29 is 17.7 Å². The predicted molar refractivity (Wildman–Crippen MR) is 54.3 cm³/mol. The molecule has 0 unspecified atom stereocenters. The first-order valence-corrected chi connectivity index (χ1v) is 5.76. The maximum atomic E-state index is 11.8. The first-order valence-electron chi connectivity index (χ1n) is 4.28. The second-order valence-electron chi connectivity index (χ2n) is 2.81. The molecule has 1 aromatic carbocycles. The van der Waals surface area contributed by atoms with Gasteiger partial charge in [0.1, 0.15) is 6.67 Å². The highest BCUT2D eigenvalue weighted by molar-refractivity contribution is 7.89. The molecule has 0 heterocycles. The zero-order valence-corrected chi connectivity index (χ0v) is 8.91. The first-order chi connectivity index (χ1) is 7.49. The monoisotopic (exact) mass is 248 g/mol. The molecule has 0 amide bonds. The molecule has 0 atom stereocenters. The lowest BCUT2D eigenvalue weighted by Gasteiger charge is -2.04. The van der Waals surface area contributed by atoms with E-state index in [2.05, 4.69) is 0 Å². The number of nitro groups is 1. The van der Waals surface area contributed by atoms with Gasteiger partial charge in [-0.1, -0.05) is 12.1 Å². The third-order valence-electron chi connectivity index (χ3n) is 1.74. The van der Waals surface area contributed by atoms with Gasteiger partial charge in [-0.25, -0.2) is 17.5 Å². The van der Waals surface area contributed by atoms with E-state index in [4.69, 9.17) is 0 Å². The fourth-order valence-corrected chi connectivity index (χ4v) is 2.26. The van der Waals surface area contributed by atoms with E-state index in [1.54, 1.807) is 0 Å². The van der Waals surface area contributed by atoms with E-state index >= 15 is 0 Å². The number of halogens is 1. The quantitative estimate of drug-likeness (QED) is 0.617. The molecule has 0 aromatic heterocycles. The van der Waals surface area contributed by atoms with E-state index in [0.717, 1.165) is 12.1 Å². The summed E-state index contributed by atoms with van der Waals surface area (Å²) in [6.07, 6.45) is 0. The number of sulfonamides is 1. The first kappa shape index (κ1) is 12.5. The Hall–Kier alpha value is -1.54. The fraction of sp³-hybridized carbons (Fsp3) is 0.250. The van der Waals surface area contributed by atoms with Crippen molar-refractivity contribution in [2.75, 3.05) is 13.2 Å². The number of nitro benzene ring substituents is 1. The van der Waals surface area contributed by atoms with Crippen LogP contribution in [0, 0.1) is 10.1 Å². The van der Waals surface area contributed by atoms with Crippen LogP contribution in [-0.2, 0) is 10.0 Å². The van der Waals surface area contributed by atoms with Crippen LogP contribution in [0.25, 0.3) is 0 Å². The van der Waals surface area contributed by atoms with Crippen molar-refractivity contribution in [3.05, 3.63) is 34.4 Å². The average Bonchev–Trinajstić information content (AvgIpc) is 2.26. The molecule has 0 aliphatic heterocycles. The molecule has 0 fully saturated rings. The lowest BCUT2D eigenvalue weighted by atomic mass is 10.3. The van der Waals surface area contributed by atoms with E-state index in [-0.39, 0.29) is 0 Å². The van der Waals surface area contributed by atoms with E-state index < -0.39 is 38.7 Å². The molecule has 6 nitrogen and oxygen atoms in total. The summed E-state index contributed by atoms with van der Waals surface area (Å²) in [5.41, 5.74) is -0.533. The standard InChI is InChI=1S/C8H9FN2O4S/c9-5-6-10-16(14,15)8-4-2-1-3-7(8)11(12)13/h1-4,10H,5-6H2. The third kappa shape index (κ3) is 2.74. The molecule has 0 aliphatic carbocycles. The second-order valence-corrected chi connectivity index (χ2v) is 4.55. The molecule has 16 heavy (non-hydrogen) atoms. The zero-order valence-electron chi connectivity index (χ0n) is 8.09. The van der Waals surface area contributed by atoms with Crippen LogP contribution < -0.4 is 4.72 Å². The van der Waals surface area contributed by atoms with Crippen LogP contribution in [0.4, 0.5) is 10.1 Å². The molecule has 1 N–H and O–H groups in total. The predicted octanol–water partition coefficient (Wildman–Crippen LogP) is 0.843. The summed E-state index contributed by atoms with van der Waals surface area (Å²) < 4.78 is 36.8. The number of nitrogens with one attached hydrogen (secondary N) is 1. The van der Waals surface area contributed by atoms with Gasteiger partial charge in [0, 0.05) is 12.6 Å². The summed E-state index contributed by atoms with van der Waals surface area (Å²) in [7, 11) is -4.03. The molecule has 0 aliphatic rings. The van der Waals surface area contributed by atoms with Gasteiger partial charge < -0.3 is 0 Å². The Labute approximate surface area is 91.3 Å². The summed E-state index contributed by atoms with van der Waals surface area (Å²) >= 11 is 0. The zero-order chi connectivity index (χ0) is 12.2. The lowest BCUT2D eigenvalue weighted by molar-refractivity contribution is -0.387. The van der Waals surface area contributed by atoms with Crippen molar-refractivity contribution in [2.45, 2.75) is 4.90 Å². The molecular formula is C8H9FN2O4S. The van der Waals surface area contributed by atoms with Gasteiger partial charge >= 0.3 is 0 Å². The van der Waals surface area contributed by atoms with Crippen molar-refractivity contribution in [3.8, 4) is 0 Å². The van der Waals surface area contributed by atoms with E-state index in [1.165, 1.54) is 12.1 Å². The number of rotatable bonds is 5. The van der Waals surface area contributed by atoms with Gasteiger partial charge in [-0.3, -0.25) is 10.1 Å². The molecule has 1 rings (SSSR count). The number of hydrogen-bond acceptors (Lipinski definition) is 4. The molecule has 0 saturated heterocycles. The van der Waals surface area contributed by atoms with Crippen molar-refractivity contribution in [2.24, 2.45) is 0 Å². The average molecular weight is 248 g/mol. The van der Waals surface area contributed by atoms with Gasteiger partial charge in [-0.2, -0.15) is 0 Å². The molecule has 88 valence electrons. The molecule has 1 aromatic rings. The number of nitrogens with zero attached hydrogens (tertiary/aromatic N) is 1. The largest absolute Gasteiger partial charge is 0.289 e. The Balaban J connectivity index is 3.17. The van der Waals surface area contributed by atoms with E-state index in [1.807, 2.05) is 4.72 Å². The van der Waals surface area contributed by atoms with Gasteiger partial charge in [0.25, 0.3) is 5.69 Å². The number of para-hydroxylation sites is 1. The molecule has 8 heteroatoms. The molecule has 0 radical (unpaired) electrons. The van der Waals surface area contributed by atoms with Crippen LogP contribution in [0.3, 0.4) is 0 Å². The number of alkyl halides is 1. The minimum atomic E-state index is -4.03. The summed E-state index contributed by atoms with van der Waals surface area (Å²) in [6.45, 7) is -1.28. The highest BCUT2D eigenvalue weighted by Gasteiger charge is 2.24. The summed E-state index contributed by atoms with van der Waals surface area (Å²) in [5, 5.41) is 10.6. The van der Waals surface area contributed by atoms with Crippen LogP contribution in [0.1, 0.15) is 0 Å². The highest BCUT2D eigenvalue weighted by atomic mass is 32.2. The molecule has 0 bridgehead atoms. The van der Waals surface area contributed by atoms with Gasteiger partial charge in [0.2, 0.25) is 10.0 Å². The third-order valence-corrected chi connectivity index (χ3v) is 3.25. The molecular weight excluding hydrogens is 239 g/mol. The molecule has 0 spiro atoms. The van der Waals surface area contributed by atoms with Crippen LogP contribution in [0.15, 0.2) is 29.2 Å². The highest BCUT2D eigenvalue weighted by Crippen LogP contribution is 2.22. The van der Waals surface area contributed by atoms with Gasteiger partial charge in [0.05, 0.1) is 4.92 Å². The summed E-state index contributed by atoms with van der Waals surface area (Å²) in [6, 6.07) is 4.88. The Bertz CT molecular complexity index is 489. The van der Waals surface area contributed by atoms with Crippen molar-refractivity contribution in [1.82, 2.24) is 4.72 Å². The van der Waals surface area contributed by atoms with Crippen LogP contribution in [0.5, 0.6) is 0 Å². The van der Waals surface area contributed by atoms with Crippen molar-refractivity contribution in [1.29, 1.82) is 0 Å².